The van der Waals surface area contributed by atoms with Crippen LogP contribution in [0.3, 0.4) is 0 Å². The molecule has 0 bridgehead atoms. The predicted octanol–water partition coefficient (Wildman–Crippen LogP) is 3.45. The Balaban J connectivity index is 1.98. The van der Waals surface area contributed by atoms with E-state index in [4.69, 9.17) is 17.3 Å². The average Bonchev–Trinajstić information content (AvgIpc) is 2.47. The molecule has 0 spiro atoms. The van der Waals surface area contributed by atoms with Crippen molar-refractivity contribution in [1.29, 1.82) is 0 Å². The van der Waals surface area contributed by atoms with Gasteiger partial charge in [-0.2, -0.15) is 0 Å². The Kier molecular flexibility index (Phi) is 3.86. The molecule has 3 N–H and O–H groups in total. The van der Waals surface area contributed by atoms with Gasteiger partial charge in [-0.3, -0.25) is 4.79 Å². The Labute approximate surface area is 130 Å². The van der Waals surface area contributed by atoms with Crippen LogP contribution in [-0.2, 0) is 5.75 Å². The second-order valence-electron chi connectivity index (χ2n) is 4.53. The largest absolute Gasteiger partial charge is 0.383 e. The van der Waals surface area contributed by atoms with Gasteiger partial charge >= 0.3 is 0 Å². The molecule has 0 aliphatic heterocycles. The minimum atomic E-state index is -0.133. The molecule has 21 heavy (non-hydrogen) atoms. The molecule has 4 nitrogen and oxygen atoms in total. The molecule has 0 saturated heterocycles. The fourth-order valence-corrected chi connectivity index (χ4v) is 3.27. The zero-order chi connectivity index (χ0) is 14.8. The minimum Gasteiger partial charge on any atom is -0.383 e. The molecule has 0 amide bonds. The first-order valence-corrected chi connectivity index (χ1v) is 7.64. The molecule has 2 aromatic heterocycles. The summed E-state index contributed by atoms with van der Waals surface area (Å²) in [6.07, 6.45) is 1.66. The van der Waals surface area contributed by atoms with E-state index in [0.29, 0.717) is 16.6 Å². The van der Waals surface area contributed by atoms with Gasteiger partial charge in [-0.15, -0.1) is 11.8 Å². The summed E-state index contributed by atoms with van der Waals surface area (Å²) < 4.78 is 0. The number of H-pyrrole nitrogens is 1. The normalized spacial score (nSPS) is 10.9. The number of nitrogens with zero attached hydrogens (tertiary/aromatic N) is 1. The van der Waals surface area contributed by atoms with Crippen LogP contribution >= 0.6 is 23.4 Å². The van der Waals surface area contributed by atoms with E-state index in [2.05, 4.69) is 9.97 Å². The van der Waals surface area contributed by atoms with Gasteiger partial charge in [0, 0.05) is 34.0 Å². The highest BCUT2D eigenvalue weighted by Gasteiger charge is 2.07. The quantitative estimate of drug-likeness (QED) is 0.726. The summed E-state index contributed by atoms with van der Waals surface area (Å²) in [5, 5.41) is 3.21. The third kappa shape index (κ3) is 3.04. The van der Waals surface area contributed by atoms with Crippen molar-refractivity contribution in [1.82, 2.24) is 9.97 Å². The second kappa shape index (κ2) is 5.79. The van der Waals surface area contributed by atoms with Crippen molar-refractivity contribution >= 4 is 40.0 Å². The number of rotatable bonds is 3. The lowest BCUT2D eigenvalue weighted by Crippen LogP contribution is -2.05. The number of hydrogen-bond donors (Lipinski definition) is 2. The Morgan fingerprint density at radius 2 is 2.14 bits per heavy atom. The fraction of sp³-hybridized carbons (Fsp3) is 0.0667. The highest BCUT2D eigenvalue weighted by Crippen LogP contribution is 2.30. The number of nitrogens with one attached hydrogen (secondary N) is 1. The van der Waals surface area contributed by atoms with Crippen LogP contribution < -0.4 is 11.3 Å². The van der Waals surface area contributed by atoms with Gasteiger partial charge in [-0.25, -0.2) is 4.98 Å². The Bertz CT molecular complexity index is 863. The van der Waals surface area contributed by atoms with Crippen molar-refractivity contribution in [2.75, 3.05) is 5.73 Å². The first kappa shape index (κ1) is 14.0. The molecule has 6 heteroatoms. The Morgan fingerprint density at radius 1 is 1.29 bits per heavy atom. The molecule has 106 valence electrons. The monoisotopic (exact) mass is 317 g/mol. The molecule has 2 heterocycles. The number of fused-ring (bicyclic) bond motifs is 1. The van der Waals surface area contributed by atoms with Gasteiger partial charge in [0.15, 0.2) is 0 Å². The fourth-order valence-electron chi connectivity index (χ4n) is 2.04. The predicted molar refractivity (Wildman–Crippen MR) is 87.8 cm³/mol. The van der Waals surface area contributed by atoms with Crippen molar-refractivity contribution in [3.8, 4) is 0 Å². The highest BCUT2D eigenvalue weighted by molar-refractivity contribution is 7.98. The molecule has 3 aromatic rings. The number of pyridine rings is 2. The van der Waals surface area contributed by atoms with E-state index >= 15 is 0 Å². The van der Waals surface area contributed by atoms with Gasteiger partial charge in [0.25, 0.3) is 0 Å². The third-order valence-corrected chi connectivity index (χ3v) is 4.38. The number of halogens is 1. The van der Waals surface area contributed by atoms with Crippen molar-refractivity contribution in [3.05, 3.63) is 63.5 Å². The summed E-state index contributed by atoms with van der Waals surface area (Å²) in [7, 11) is 0. The summed E-state index contributed by atoms with van der Waals surface area (Å²) in [6, 6.07) is 10.8. The molecule has 0 fully saturated rings. The molecule has 0 aliphatic carbocycles. The van der Waals surface area contributed by atoms with Crippen LogP contribution in [0, 0.1) is 0 Å². The van der Waals surface area contributed by atoms with Gasteiger partial charge in [0.05, 0.1) is 5.03 Å². The SMILES string of the molecule is Nc1ncccc1CSc1[nH]c(=O)cc2ccc(Cl)cc12. The van der Waals surface area contributed by atoms with Gasteiger partial charge in [0.1, 0.15) is 5.82 Å². The van der Waals surface area contributed by atoms with Crippen LogP contribution in [0.2, 0.25) is 5.02 Å². The van der Waals surface area contributed by atoms with Crippen molar-refractivity contribution in [2.24, 2.45) is 0 Å². The number of nitrogens with two attached hydrogens (primary N) is 1. The maximum Gasteiger partial charge on any atom is 0.249 e. The standard InChI is InChI=1S/C15H12ClN3OS/c16-11-4-3-9-6-13(20)19-15(12(9)7-11)21-8-10-2-1-5-18-14(10)17/h1-7H,8H2,(H2,17,18)(H,19,20). The van der Waals surface area contributed by atoms with E-state index in [1.165, 1.54) is 11.8 Å². The molecular formula is C15H12ClN3OS. The second-order valence-corrected chi connectivity index (χ2v) is 5.95. The van der Waals surface area contributed by atoms with Gasteiger partial charge < -0.3 is 10.7 Å². The molecule has 3 rings (SSSR count). The van der Waals surface area contributed by atoms with Crippen LogP contribution in [-0.4, -0.2) is 9.97 Å². The maximum absolute atomic E-state index is 11.7. The highest BCUT2D eigenvalue weighted by atomic mass is 35.5. The third-order valence-electron chi connectivity index (χ3n) is 3.08. The number of hydrogen-bond acceptors (Lipinski definition) is 4. The number of thioether (sulfide) groups is 1. The zero-order valence-corrected chi connectivity index (χ0v) is 12.5. The molecule has 1 aromatic carbocycles. The molecule has 0 radical (unpaired) electrons. The first-order valence-electron chi connectivity index (χ1n) is 6.28. The summed E-state index contributed by atoms with van der Waals surface area (Å²) in [5.74, 6) is 1.13. The van der Waals surface area contributed by atoms with Crippen LogP contribution in [0.1, 0.15) is 5.56 Å². The summed E-state index contributed by atoms with van der Waals surface area (Å²) in [6.45, 7) is 0. The van der Waals surface area contributed by atoms with Crippen LogP contribution in [0.15, 0.2) is 52.4 Å². The van der Waals surface area contributed by atoms with Crippen LogP contribution in [0.5, 0.6) is 0 Å². The number of benzene rings is 1. The van der Waals surface area contributed by atoms with Gasteiger partial charge in [0.2, 0.25) is 5.56 Å². The summed E-state index contributed by atoms with van der Waals surface area (Å²) in [4.78, 5) is 18.6. The van der Waals surface area contributed by atoms with Crippen molar-refractivity contribution in [3.63, 3.8) is 0 Å². The summed E-state index contributed by atoms with van der Waals surface area (Å²) >= 11 is 7.55. The van der Waals surface area contributed by atoms with Crippen molar-refractivity contribution < 1.29 is 0 Å². The van der Waals surface area contributed by atoms with Crippen molar-refractivity contribution in [2.45, 2.75) is 10.8 Å². The smallest absolute Gasteiger partial charge is 0.249 e. The van der Waals surface area contributed by atoms with Gasteiger partial charge in [-0.05, 0) is 23.6 Å². The van der Waals surface area contributed by atoms with E-state index < -0.39 is 0 Å². The van der Waals surface area contributed by atoms with E-state index in [9.17, 15) is 4.79 Å². The Morgan fingerprint density at radius 3 is 2.95 bits per heavy atom. The minimum absolute atomic E-state index is 0.133. The topological polar surface area (TPSA) is 71.8 Å². The lowest BCUT2D eigenvalue weighted by Gasteiger charge is -2.07. The number of anilines is 1. The van der Waals surface area contributed by atoms with Crippen LogP contribution in [0.25, 0.3) is 10.8 Å². The van der Waals surface area contributed by atoms with E-state index in [1.807, 2.05) is 24.3 Å². The Hall–Kier alpha value is -1.98. The molecule has 0 saturated carbocycles. The van der Waals surface area contributed by atoms with E-state index in [0.717, 1.165) is 21.4 Å². The molecule has 0 atom stereocenters. The molecule has 0 aliphatic rings. The van der Waals surface area contributed by atoms with Gasteiger partial charge in [-0.1, -0.05) is 23.7 Å². The number of nitrogen functional groups attached to an aromatic ring is 1. The summed E-state index contributed by atoms with van der Waals surface area (Å²) in [5.41, 5.74) is 6.63. The van der Waals surface area contributed by atoms with E-state index in [1.54, 1.807) is 18.3 Å². The first-order chi connectivity index (χ1) is 10.1. The van der Waals surface area contributed by atoms with Crippen LogP contribution in [0.4, 0.5) is 5.82 Å². The molecule has 0 unspecified atom stereocenters. The average molecular weight is 318 g/mol. The lowest BCUT2D eigenvalue weighted by atomic mass is 10.2. The zero-order valence-electron chi connectivity index (χ0n) is 11.0. The lowest BCUT2D eigenvalue weighted by molar-refractivity contribution is 1.11. The molecular weight excluding hydrogens is 306 g/mol. The maximum atomic E-state index is 11.7. The number of aromatic nitrogens is 2. The van der Waals surface area contributed by atoms with E-state index in [-0.39, 0.29) is 5.56 Å². The number of aromatic amines is 1.